The van der Waals surface area contributed by atoms with Crippen molar-refractivity contribution >= 4 is 45.8 Å². The Morgan fingerprint density at radius 2 is 1.76 bits per heavy atom. The van der Waals surface area contributed by atoms with Crippen LogP contribution in [0.2, 0.25) is 0 Å². The number of esters is 1. The van der Waals surface area contributed by atoms with E-state index in [9.17, 15) is 9.59 Å². The molecule has 1 fully saturated rings. The maximum Gasteiger partial charge on any atom is 0.305 e. The molecule has 9 heteroatoms. The number of nitrogens with one attached hydrogen (secondary N) is 1. The molecule has 4 aromatic rings. The monoisotopic (exact) mass is 526 g/mol. The Kier molecular flexibility index (Phi) is 7.55. The highest BCUT2D eigenvalue weighted by molar-refractivity contribution is 7.80. The Hall–Kier alpha value is -4.37. The van der Waals surface area contributed by atoms with E-state index in [1.807, 2.05) is 60.7 Å². The Balaban J connectivity index is 1.32. The third-order valence-electron chi connectivity index (χ3n) is 6.14. The first-order chi connectivity index (χ1) is 18.5. The molecule has 0 unspecified atom stereocenters. The van der Waals surface area contributed by atoms with Gasteiger partial charge in [0.05, 0.1) is 36.7 Å². The molecule has 3 heterocycles. The fourth-order valence-corrected chi connectivity index (χ4v) is 4.54. The second-order valence-electron chi connectivity index (χ2n) is 8.67. The van der Waals surface area contributed by atoms with Crippen LogP contribution >= 0.6 is 12.2 Å². The van der Waals surface area contributed by atoms with E-state index in [-0.39, 0.29) is 18.4 Å². The van der Waals surface area contributed by atoms with Gasteiger partial charge in [0.1, 0.15) is 5.75 Å². The molecule has 0 aliphatic carbocycles. The summed E-state index contributed by atoms with van der Waals surface area (Å²) in [5.41, 5.74) is 5.15. The number of pyridine rings is 2. The number of rotatable bonds is 9. The van der Waals surface area contributed by atoms with Crippen LogP contribution < -0.4 is 15.0 Å². The molecular weight excluding hydrogens is 500 g/mol. The van der Waals surface area contributed by atoms with Crippen LogP contribution in [0.5, 0.6) is 5.75 Å². The third kappa shape index (κ3) is 5.47. The molecule has 1 amide bonds. The van der Waals surface area contributed by atoms with Crippen LogP contribution in [0.15, 0.2) is 73.1 Å². The number of nitrogens with zero attached hydrogens (tertiary/aromatic N) is 3. The van der Waals surface area contributed by atoms with Gasteiger partial charge in [0.15, 0.2) is 5.11 Å². The summed E-state index contributed by atoms with van der Waals surface area (Å²) >= 11 is 5.38. The van der Waals surface area contributed by atoms with Crippen molar-refractivity contribution in [3.63, 3.8) is 0 Å². The Morgan fingerprint density at radius 3 is 2.45 bits per heavy atom. The number of carbonyl (C=O) groups is 2. The molecule has 192 valence electrons. The van der Waals surface area contributed by atoms with Gasteiger partial charge in [-0.2, -0.15) is 0 Å². The summed E-state index contributed by atoms with van der Waals surface area (Å²) < 4.78 is 10.7. The normalized spacial score (nSPS) is 13.0. The van der Waals surface area contributed by atoms with Crippen molar-refractivity contribution in [3.8, 4) is 28.1 Å². The summed E-state index contributed by atoms with van der Waals surface area (Å²) in [6, 6.07) is 19.6. The van der Waals surface area contributed by atoms with Crippen LogP contribution in [0.25, 0.3) is 33.3 Å². The first-order valence-corrected chi connectivity index (χ1v) is 12.8. The van der Waals surface area contributed by atoms with E-state index in [0.717, 1.165) is 39.0 Å². The van der Waals surface area contributed by atoms with Crippen LogP contribution in [-0.4, -0.2) is 46.7 Å². The molecule has 8 nitrogen and oxygen atoms in total. The van der Waals surface area contributed by atoms with Gasteiger partial charge in [0.25, 0.3) is 5.91 Å². The fourth-order valence-electron chi connectivity index (χ4n) is 4.27. The van der Waals surface area contributed by atoms with Gasteiger partial charge in [-0.1, -0.05) is 36.4 Å². The second-order valence-corrected chi connectivity index (χ2v) is 9.05. The van der Waals surface area contributed by atoms with Gasteiger partial charge in [-0.05, 0) is 61.0 Å². The SMILES string of the molecule is CCOC(=O)CCCOc1ccc(-c2ccc(-c3cc(N4C(=O)CNC4=S)c4cnccc4n3)cc2)cc1. The lowest BCUT2D eigenvalue weighted by Gasteiger charge is -2.18. The standard InChI is InChI=1S/C29H26N4O4S/c1-2-36-28(35)4-3-15-37-22-11-9-20(10-12-22)19-5-7-21(8-6-19)25-16-26(33-27(34)18-31-29(33)38)23-17-30-14-13-24(23)32-25/h5-14,16-17H,2-4,15,18H2,1H3,(H,31,38). The molecule has 2 aromatic carbocycles. The quantitative estimate of drug-likeness (QED) is 0.187. The summed E-state index contributed by atoms with van der Waals surface area (Å²) in [6.45, 7) is 2.81. The highest BCUT2D eigenvalue weighted by Crippen LogP contribution is 2.33. The number of aromatic nitrogens is 2. The first kappa shape index (κ1) is 25.3. The summed E-state index contributed by atoms with van der Waals surface area (Å²) in [4.78, 5) is 34.5. The molecular formula is C29H26N4O4S. The summed E-state index contributed by atoms with van der Waals surface area (Å²) in [5, 5.41) is 4.07. The largest absolute Gasteiger partial charge is 0.494 e. The number of anilines is 1. The maximum absolute atomic E-state index is 12.5. The molecule has 1 aliphatic heterocycles. The lowest BCUT2D eigenvalue weighted by molar-refractivity contribution is -0.143. The minimum atomic E-state index is -0.202. The number of benzene rings is 2. The van der Waals surface area contributed by atoms with Crippen LogP contribution in [0.4, 0.5) is 5.69 Å². The van der Waals surface area contributed by atoms with Crippen molar-refractivity contribution in [1.82, 2.24) is 15.3 Å². The molecule has 1 saturated heterocycles. The van der Waals surface area contributed by atoms with Crippen LogP contribution in [0, 0.1) is 0 Å². The number of carbonyl (C=O) groups excluding carboxylic acids is 2. The summed E-state index contributed by atoms with van der Waals surface area (Å²) in [6.07, 6.45) is 4.34. The predicted molar refractivity (Wildman–Crippen MR) is 150 cm³/mol. The van der Waals surface area contributed by atoms with Gasteiger partial charge < -0.3 is 14.8 Å². The first-order valence-electron chi connectivity index (χ1n) is 12.4. The molecule has 0 bridgehead atoms. The highest BCUT2D eigenvalue weighted by atomic mass is 32.1. The lowest BCUT2D eigenvalue weighted by atomic mass is 10.0. The van der Waals surface area contributed by atoms with Crippen molar-refractivity contribution in [2.75, 3.05) is 24.7 Å². The number of ether oxygens (including phenoxy) is 2. The van der Waals surface area contributed by atoms with Crippen molar-refractivity contribution in [1.29, 1.82) is 0 Å². The highest BCUT2D eigenvalue weighted by Gasteiger charge is 2.29. The Labute approximate surface area is 225 Å². The molecule has 0 radical (unpaired) electrons. The number of hydrogen-bond donors (Lipinski definition) is 1. The van der Waals surface area contributed by atoms with Crippen molar-refractivity contribution in [2.24, 2.45) is 0 Å². The number of hydrogen-bond acceptors (Lipinski definition) is 7. The van der Waals surface area contributed by atoms with Crippen LogP contribution in [-0.2, 0) is 14.3 Å². The molecule has 0 spiro atoms. The average molecular weight is 527 g/mol. The predicted octanol–water partition coefficient (Wildman–Crippen LogP) is 4.91. The summed E-state index contributed by atoms with van der Waals surface area (Å²) in [7, 11) is 0. The van der Waals surface area contributed by atoms with E-state index in [4.69, 9.17) is 26.7 Å². The van der Waals surface area contributed by atoms with Gasteiger partial charge >= 0.3 is 5.97 Å². The molecule has 1 N–H and O–H groups in total. The number of amides is 1. The van der Waals surface area contributed by atoms with Gasteiger partial charge in [0.2, 0.25) is 0 Å². The van der Waals surface area contributed by atoms with Crippen LogP contribution in [0.3, 0.4) is 0 Å². The van der Waals surface area contributed by atoms with E-state index in [2.05, 4.69) is 10.3 Å². The van der Waals surface area contributed by atoms with Gasteiger partial charge in [-0.25, -0.2) is 4.98 Å². The van der Waals surface area contributed by atoms with Crippen molar-refractivity contribution < 1.29 is 19.1 Å². The average Bonchev–Trinajstić information content (AvgIpc) is 3.28. The van der Waals surface area contributed by atoms with Gasteiger partial charge in [0, 0.05) is 29.8 Å². The smallest absolute Gasteiger partial charge is 0.305 e. The topological polar surface area (TPSA) is 93.7 Å². The van der Waals surface area contributed by atoms with E-state index in [1.54, 1.807) is 19.3 Å². The molecule has 2 aromatic heterocycles. The zero-order chi connectivity index (χ0) is 26.5. The molecule has 5 rings (SSSR count). The number of thiocarbonyl (C=S) groups is 1. The molecule has 0 saturated carbocycles. The number of fused-ring (bicyclic) bond motifs is 1. The Morgan fingerprint density at radius 1 is 1.05 bits per heavy atom. The fraction of sp³-hybridized carbons (Fsp3) is 0.207. The molecule has 38 heavy (non-hydrogen) atoms. The van der Waals surface area contributed by atoms with E-state index >= 15 is 0 Å². The molecule has 0 atom stereocenters. The van der Waals surface area contributed by atoms with Crippen molar-refractivity contribution in [3.05, 3.63) is 73.1 Å². The zero-order valence-electron chi connectivity index (χ0n) is 20.8. The lowest BCUT2D eigenvalue weighted by Crippen LogP contribution is -2.30. The van der Waals surface area contributed by atoms with Gasteiger partial charge in [-0.15, -0.1) is 0 Å². The van der Waals surface area contributed by atoms with Crippen LogP contribution in [0.1, 0.15) is 19.8 Å². The summed E-state index contributed by atoms with van der Waals surface area (Å²) in [5.74, 6) is 0.437. The van der Waals surface area contributed by atoms with E-state index in [0.29, 0.717) is 36.9 Å². The second kappa shape index (κ2) is 11.4. The minimum Gasteiger partial charge on any atom is -0.494 e. The molecule has 1 aliphatic rings. The van der Waals surface area contributed by atoms with Gasteiger partial charge in [-0.3, -0.25) is 19.5 Å². The van der Waals surface area contributed by atoms with E-state index in [1.165, 1.54) is 4.90 Å². The Bertz CT molecular complexity index is 1470. The van der Waals surface area contributed by atoms with E-state index < -0.39 is 0 Å². The maximum atomic E-state index is 12.5. The zero-order valence-corrected chi connectivity index (χ0v) is 21.7. The minimum absolute atomic E-state index is 0.112. The third-order valence-corrected chi connectivity index (χ3v) is 6.47. The van der Waals surface area contributed by atoms with Crippen molar-refractivity contribution in [2.45, 2.75) is 19.8 Å².